The van der Waals surface area contributed by atoms with Crippen LogP contribution in [-0.2, 0) is 0 Å². The van der Waals surface area contributed by atoms with Crippen molar-refractivity contribution in [2.75, 3.05) is 6.26 Å². The van der Waals surface area contributed by atoms with Crippen molar-refractivity contribution >= 4 is 28.8 Å². The van der Waals surface area contributed by atoms with E-state index in [-0.39, 0.29) is 10.9 Å². The number of phenolic OH excluding ortho intramolecular Hbond substituents is 1. The van der Waals surface area contributed by atoms with E-state index >= 15 is 0 Å². The molecule has 2 aromatic rings. The van der Waals surface area contributed by atoms with Crippen molar-refractivity contribution in [2.24, 2.45) is 4.99 Å². The number of para-hydroxylation sites is 2. The van der Waals surface area contributed by atoms with Crippen LogP contribution < -0.4 is 0 Å². The van der Waals surface area contributed by atoms with Gasteiger partial charge in [0.1, 0.15) is 5.75 Å². The Kier molecular flexibility index (Phi) is 4.36. The molecule has 0 saturated carbocycles. The molecule has 19 heavy (non-hydrogen) atoms. The zero-order chi connectivity index (χ0) is 13.7. The van der Waals surface area contributed by atoms with Crippen LogP contribution in [0.5, 0.6) is 5.75 Å². The monoisotopic (exact) mass is 271 g/mol. The third kappa shape index (κ3) is 3.23. The second-order valence-corrected chi connectivity index (χ2v) is 4.61. The molecule has 0 amide bonds. The van der Waals surface area contributed by atoms with Crippen LogP contribution in [0.3, 0.4) is 0 Å². The van der Waals surface area contributed by atoms with Crippen LogP contribution in [0.2, 0.25) is 0 Å². The van der Waals surface area contributed by atoms with Gasteiger partial charge >= 0.3 is 0 Å². The summed E-state index contributed by atoms with van der Waals surface area (Å²) in [6.07, 6.45) is 3.24. The number of benzene rings is 2. The van der Waals surface area contributed by atoms with Crippen molar-refractivity contribution in [1.29, 1.82) is 0 Å². The molecule has 2 aromatic carbocycles. The predicted octanol–water partition coefficient (Wildman–Crippen LogP) is 3.65. The van der Waals surface area contributed by atoms with Crippen molar-refractivity contribution < 1.29 is 9.90 Å². The third-order valence-electron chi connectivity index (χ3n) is 2.58. The first-order valence-electron chi connectivity index (χ1n) is 5.72. The molecule has 4 heteroatoms. The molecule has 0 aliphatic carbocycles. The zero-order valence-corrected chi connectivity index (χ0v) is 11.2. The molecular formula is C15H13NO2S. The summed E-state index contributed by atoms with van der Waals surface area (Å²) >= 11 is 1.07. The van der Waals surface area contributed by atoms with Crippen molar-refractivity contribution in [2.45, 2.75) is 0 Å². The van der Waals surface area contributed by atoms with Crippen LogP contribution in [0.4, 0.5) is 5.69 Å². The van der Waals surface area contributed by atoms with Gasteiger partial charge in [0.15, 0.2) is 0 Å². The Morgan fingerprint density at radius 2 is 1.89 bits per heavy atom. The lowest BCUT2D eigenvalue weighted by Crippen LogP contribution is -1.95. The van der Waals surface area contributed by atoms with Crippen LogP contribution in [0.25, 0.3) is 0 Å². The molecule has 0 saturated heterocycles. The van der Waals surface area contributed by atoms with Crippen molar-refractivity contribution in [3.63, 3.8) is 0 Å². The Bertz CT molecular complexity index is 609. The van der Waals surface area contributed by atoms with Gasteiger partial charge in [0.25, 0.3) is 0 Å². The molecule has 0 aliphatic heterocycles. The molecule has 0 spiro atoms. The fraction of sp³-hybridized carbons (Fsp3) is 0.0667. The second-order valence-electron chi connectivity index (χ2n) is 3.83. The molecular weight excluding hydrogens is 258 g/mol. The maximum absolute atomic E-state index is 11.6. The molecule has 2 rings (SSSR count). The van der Waals surface area contributed by atoms with Gasteiger partial charge in [-0.25, -0.2) is 0 Å². The van der Waals surface area contributed by atoms with E-state index in [4.69, 9.17) is 0 Å². The lowest BCUT2D eigenvalue weighted by atomic mass is 10.1. The highest BCUT2D eigenvalue weighted by molar-refractivity contribution is 8.13. The normalized spacial score (nSPS) is 10.8. The molecule has 0 atom stereocenters. The third-order valence-corrected chi connectivity index (χ3v) is 3.17. The van der Waals surface area contributed by atoms with Crippen LogP contribution in [0.1, 0.15) is 15.9 Å². The molecule has 0 fully saturated rings. The highest BCUT2D eigenvalue weighted by atomic mass is 32.2. The number of carbonyl (C=O) groups is 1. The van der Waals surface area contributed by atoms with Gasteiger partial charge in [0.05, 0.1) is 11.3 Å². The van der Waals surface area contributed by atoms with E-state index in [9.17, 15) is 9.90 Å². The number of nitrogens with zero attached hydrogens (tertiary/aromatic N) is 1. The molecule has 0 bridgehead atoms. The van der Waals surface area contributed by atoms with Gasteiger partial charge in [-0.1, -0.05) is 36.0 Å². The van der Waals surface area contributed by atoms with Crippen LogP contribution >= 0.6 is 11.8 Å². The number of phenols is 1. The van der Waals surface area contributed by atoms with Gasteiger partial charge in [0, 0.05) is 11.8 Å². The average Bonchev–Trinajstić information content (AvgIpc) is 2.46. The van der Waals surface area contributed by atoms with Gasteiger partial charge in [-0.3, -0.25) is 9.79 Å². The topological polar surface area (TPSA) is 49.7 Å². The zero-order valence-electron chi connectivity index (χ0n) is 10.4. The molecule has 0 aromatic heterocycles. The number of hydrogen-bond acceptors (Lipinski definition) is 4. The molecule has 3 nitrogen and oxygen atoms in total. The molecule has 96 valence electrons. The number of rotatable bonds is 3. The first kappa shape index (κ1) is 13.4. The highest BCUT2D eigenvalue weighted by Gasteiger charge is 2.11. The summed E-state index contributed by atoms with van der Waals surface area (Å²) in [6, 6.07) is 14.5. The Labute approximate surface area is 116 Å². The molecule has 1 N–H and O–H groups in total. The smallest absolute Gasteiger partial charge is 0.222 e. The number of hydrogen-bond donors (Lipinski definition) is 1. The summed E-state index contributed by atoms with van der Waals surface area (Å²) < 4.78 is 0. The van der Waals surface area contributed by atoms with E-state index in [0.717, 1.165) is 17.4 Å². The molecule has 0 aliphatic rings. The minimum Gasteiger partial charge on any atom is -0.506 e. The quantitative estimate of drug-likeness (QED) is 0.867. The van der Waals surface area contributed by atoms with E-state index in [1.807, 2.05) is 30.3 Å². The van der Waals surface area contributed by atoms with E-state index in [0.29, 0.717) is 11.1 Å². The van der Waals surface area contributed by atoms with Gasteiger partial charge in [-0.05, 0) is 30.5 Å². The fourth-order valence-corrected chi connectivity index (χ4v) is 1.98. The predicted molar refractivity (Wildman–Crippen MR) is 79.6 cm³/mol. The Balaban J connectivity index is 2.31. The van der Waals surface area contributed by atoms with E-state index in [1.54, 1.807) is 30.7 Å². The van der Waals surface area contributed by atoms with Crippen molar-refractivity contribution in [1.82, 2.24) is 0 Å². The minimum absolute atomic E-state index is 0.0264. The summed E-state index contributed by atoms with van der Waals surface area (Å²) in [6.45, 7) is 0. The Hall–Kier alpha value is -2.07. The summed E-state index contributed by atoms with van der Waals surface area (Å²) in [5.41, 5.74) is 1.64. The molecule has 0 heterocycles. The lowest BCUT2D eigenvalue weighted by molar-refractivity contribution is 0.108. The van der Waals surface area contributed by atoms with E-state index < -0.39 is 0 Å². The number of carbonyl (C=O) groups excluding carboxylic acids is 1. The van der Waals surface area contributed by atoms with Crippen LogP contribution in [-0.4, -0.2) is 22.7 Å². The lowest BCUT2D eigenvalue weighted by Gasteiger charge is -2.04. The van der Waals surface area contributed by atoms with Gasteiger partial charge in [0.2, 0.25) is 5.12 Å². The SMILES string of the molecule is CSC(=O)c1cccc(C=Nc2ccccc2)c1O. The maximum atomic E-state index is 11.6. The standard InChI is InChI=1S/C15H13NO2S/c1-19-15(18)13-9-5-6-11(14(13)17)10-16-12-7-3-2-4-8-12/h2-10,17H,1H3. The number of thioether (sulfide) groups is 1. The molecule has 0 radical (unpaired) electrons. The summed E-state index contributed by atoms with van der Waals surface area (Å²) in [4.78, 5) is 15.9. The number of aromatic hydroxyl groups is 1. The number of aliphatic imine (C=N–C) groups is 1. The van der Waals surface area contributed by atoms with Crippen LogP contribution in [0.15, 0.2) is 53.5 Å². The van der Waals surface area contributed by atoms with Gasteiger partial charge in [-0.2, -0.15) is 0 Å². The summed E-state index contributed by atoms with van der Waals surface area (Å²) in [7, 11) is 0. The minimum atomic E-state index is -0.160. The van der Waals surface area contributed by atoms with Crippen molar-refractivity contribution in [3.05, 3.63) is 59.7 Å². The van der Waals surface area contributed by atoms with E-state index in [2.05, 4.69) is 4.99 Å². The summed E-state index contributed by atoms with van der Waals surface area (Å²) in [5.74, 6) is -0.0264. The maximum Gasteiger partial charge on any atom is 0.222 e. The second kappa shape index (κ2) is 6.20. The van der Waals surface area contributed by atoms with Crippen LogP contribution in [0, 0.1) is 0 Å². The largest absolute Gasteiger partial charge is 0.506 e. The average molecular weight is 271 g/mol. The van der Waals surface area contributed by atoms with Gasteiger partial charge in [-0.15, -0.1) is 0 Å². The molecule has 0 unspecified atom stereocenters. The van der Waals surface area contributed by atoms with Gasteiger partial charge < -0.3 is 5.11 Å². The first-order chi connectivity index (χ1) is 9.22. The highest BCUT2D eigenvalue weighted by Crippen LogP contribution is 2.25. The van der Waals surface area contributed by atoms with Crippen molar-refractivity contribution in [3.8, 4) is 5.75 Å². The first-order valence-corrected chi connectivity index (χ1v) is 6.94. The summed E-state index contributed by atoms with van der Waals surface area (Å²) in [5, 5.41) is 9.88. The van der Waals surface area contributed by atoms with E-state index in [1.165, 1.54) is 0 Å². The Morgan fingerprint density at radius 3 is 2.58 bits per heavy atom. The Morgan fingerprint density at radius 1 is 1.16 bits per heavy atom. The fourth-order valence-electron chi connectivity index (χ4n) is 1.60.